The Morgan fingerprint density at radius 1 is 1.07 bits per heavy atom. The van der Waals surface area contributed by atoms with Crippen LogP contribution in [0.25, 0.3) is 5.69 Å². The van der Waals surface area contributed by atoms with Crippen molar-refractivity contribution < 1.29 is 0 Å². The molecule has 0 aliphatic rings. The zero-order valence-corrected chi connectivity index (χ0v) is 7.86. The van der Waals surface area contributed by atoms with Crippen LogP contribution >= 0.6 is 0 Å². The van der Waals surface area contributed by atoms with E-state index in [-0.39, 0.29) is 0 Å². The van der Waals surface area contributed by atoms with Crippen molar-refractivity contribution in [3.63, 3.8) is 0 Å². The highest BCUT2D eigenvalue weighted by molar-refractivity contribution is 5.33. The van der Waals surface area contributed by atoms with E-state index in [1.54, 1.807) is 24.3 Å². The van der Waals surface area contributed by atoms with Gasteiger partial charge in [0, 0.05) is 6.54 Å². The van der Waals surface area contributed by atoms with Crippen LogP contribution in [0.5, 0.6) is 0 Å². The lowest BCUT2D eigenvalue weighted by Gasteiger charge is -2.00. The smallest absolute Gasteiger partial charge is 0.326 e. The number of benzene rings is 1. The van der Waals surface area contributed by atoms with Crippen molar-refractivity contribution in [3.05, 3.63) is 50.8 Å². The number of aromatic nitrogens is 3. The summed E-state index contributed by atoms with van der Waals surface area (Å²) in [5.74, 6) is 0. The fraction of sp³-hybridized carbons (Fsp3) is 0.111. The van der Waals surface area contributed by atoms with Gasteiger partial charge in [-0.15, -0.1) is 0 Å². The molecular weight excluding hydrogens is 196 g/mol. The van der Waals surface area contributed by atoms with E-state index < -0.39 is 11.4 Å². The van der Waals surface area contributed by atoms with Gasteiger partial charge in [-0.25, -0.2) is 24.4 Å². The maximum Gasteiger partial charge on any atom is 0.348 e. The predicted molar refractivity (Wildman–Crippen MR) is 54.9 cm³/mol. The highest BCUT2D eigenvalue weighted by atomic mass is 16.2. The lowest BCUT2D eigenvalue weighted by molar-refractivity contribution is 0.947. The quantitative estimate of drug-likeness (QED) is 0.606. The Bertz CT molecular complexity index is 533. The van der Waals surface area contributed by atoms with Crippen LogP contribution in [0, 0.1) is 0 Å². The van der Waals surface area contributed by atoms with Crippen LogP contribution < -0.4 is 17.1 Å². The van der Waals surface area contributed by atoms with Gasteiger partial charge < -0.3 is 5.73 Å². The molecule has 0 aliphatic carbocycles. The van der Waals surface area contributed by atoms with E-state index in [0.29, 0.717) is 12.2 Å². The monoisotopic (exact) mass is 206 g/mol. The molecule has 2 aromatic rings. The average molecular weight is 206 g/mol. The summed E-state index contributed by atoms with van der Waals surface area (Å²) >= 11 is 0. The largest absolute Gasteiger partial charge is 0.348 e. The zero-order valence-electron chi connectivity index (χ0n) is 7.86. The van der Waals surface area contributed by atoms with E-state index in [0.717, 1.165) is 10.1 Å². The molecular formula is C9H10N4O2. The summed E-state index contributed by atoms with van der Waals surface area (Å²) in [4.78, 5) is 22.5. The van der Waals surface area contributed by atoms with Crippen molar-refractivity contribution in [1.29, 1.82) is 0 Å². The standard InChI is InChI=1S/C9H10N4O2/c10-5-6-1-3-7(4-2-6)13-8(14)11-12-9(13)15/h1-4H,5,10H2,(H,11,14)(H,12,15). The molecule has 0 atom stereocenters. The van der Waals surface area contributed by atoms with Crippen molar-refractivity contribution in [3.8, 4) is 5.69 Å². The second-order valence-electron chi connectivity index (χ2n) is 3.07. The van der Waals surface area contributed by atoms with Crippen LogP contribution in [0.3, 0.4) is 0 Å². The second-order valence-corrected chi connectivity index (χ2v) is 3.07. The summed E-state index contributed by atoms with van der Waals surface area (Å²) in [6, 6.07) is 6.89. The minimum Gasteiger partial charge on any atom is -0.326 e. The Kier molecular flexibility index (Phi) is 2.26. The molecule has 0 fully saturated rings. The molecule has 0 unspecified atom stereocenters. The molecule has 15 heavy (non-hydrogen) atoms. The van der Waals surface area contributed by atoms with Crippen molar-refractivity contribution in [2.24, 2.45) is 5.73 Å². The van der Waals surface area contributed by atoms with Crippen LogP contribution in [-0.2, 0) is 6.54 Å². The van der Waals surface area contributed by atoms with Crippen LogP contribution in [0.1, 0.15) is 5.56 Å². The number of nitrogens with one attached hydrogen (secondary N) is 2. The molecule has 0 saturated heterocycles. The first-order chi connectivity index (χ1) is 7.22. The molecule has 0 aliphatic heterocycles. The topological polar surface area (TPSA) is 96.7 Å². The lowest BCUT2D eigenvalue weighted by atomic mass is 10.2. The molecule has 1 aromatic heterocycles. The molecule has 4 N–H and O–H groups in total. The molecule has 6 nitrogen and oxygen atoms in total. The third-order valence-corrected chi connectivity index (χ3v) is 2.11. The number of hydrogen-bond donors (Lipinski definition) is 3. The van der Waals surface area contributed by atoms with Crippen molar-refractivity contribution in [2.45, 2.75) is 6.54 Å². The summed E-state index contributed by atoms with van der Waals surface area (Å²) in [6.45, 7) is 0.429. The van der Waals surface area contributed by atoms with E-state index in [2.05, 4.69) is 10.2 Å². The fourth-order valence-electron chi connectivity index (χ4n) is 1.33. The van der Waals surface area contributed by atoms with E-state index in [4.69, 9.17) is 5.73 Å². The van der Waals surface area contributed by atoms with Crippen molar-refractivity contribution in [2.75, 3.05) is 0 Å². The summed E-state index contributed by atoms with van der Waals surface area (Å²) < 4.78 is 1.01. The Labute approximate surface area is 84.3 Å². The highest BCUT2D eigenvalue weighted by Crippen LogP contribution is 2.04. The number of rotatable bonds is 2. The first kappa shape index (κ1) is 9.47. The van der Waals surface area contributed by atoms with Gasteiger partial charge in [-0.3, -0.25) is 0 Å². The lowest BCUT2D eigenvalue weighted by Crippen LogP contribution is -2.24. The van der Waals surface area contributed by atoms with E-state index in [9.17, 15) is 9.59 Å². The van der Waals surface area contributed by atoms with Gasteiger partial charge in [-0.1, -0.05) is 12.1 Å². The molecule has 0 saturated carbocycles. The predicted octanol–water partition coefficient (Wildman–Crippen LogP) is -0.687. The molecule has 0 spiro atoms. The number of aromatic amines is 2. The third kappa shape index (κ3) is 1.62. The van der Waals surface area contributed by atoms with E-state index >= 15 is 0 Å². The molecule has 2 rings (SSSR count). The highest BCUT2D eigenvalue weighted by Gasteiger charge is 2.04. The second kappa shape index (κ2) is 3.58. The Morgan fingerprint density at radius 2 is 1.60 bits per heavy atom. The molecule has 0 amide bonds. The van der Waals surface area contributed by atoms with Crippen molar-refractivity contribution >= 4 is 0 Å². The minimum atomic E-state index is -0.486. The van der Waals surface area contributed by atoms with Gasteiger partial charge in [-0.2, -0.15) is 0 Å². The van der Waals surface area contributed by atoms with Gasteiger partial charge in [0.25, 0.3) is 0 Å². The van der Waals surface area contributed by atoms with Gasteiger partial charge in [0.2, 0.25) is 0 Å². The molecule has 6 heteroatoms. The molecule has 0 radical (unpaired) electrons. The van der Waals surface area contributed by atoms with E-state index in [1.807, 2.05) is 0 Å². The zero-order chi connectivity index (χ0) is 10.8. The maximum atomic E-state index is 11.2. The number of hydrogen-bond acceptors (Lipinski definition) is 3. The Morgan fingerprint density at radius 3 is 2.07 bits per heavy atom. The molecule has 1 heterocycles. The van der Waals surface area contributed by atoms with Crippen LogP contribution in [0.2, 0.25) is 0 Å². The minimum absolute atomic E-state index is 0.429. The number of nitrogens with zero attached hydrogens (tertiary/aromatic N) is 1. The van der Waals surface area contributed by atoms with Gasteiger partial charge in [-0.05, 0) is 17.7 Å². The first-order valence-corrected chi connectivity index (χ1v) is 4.41. The van der Waals surface area contributed by atoms with Crippen molar-refractivity contribution in [1.82, 2.24) is 14.8 Å². The summed E-state index contributed by atoms with van der Waals surface area (Å²) in [7, 11) is 0. The SMILES string of the molecule is NCc1ccc(-n2c(=O)[nH][nH]c2=O)cc1. The van der Waals surface area contributed by atoms with Crippen LogP contribution in [0.15, 0.2) is 33.9 Å². The maximum absolute atomic E-state index is 11.2. The summed E-state index contributed by atoms with van der Waals surface area (Å²) in [5, 5.41) is 4.42. The Balaban J connectivity index is 2.55. The normalized spacial score (nSPS) is 10.5. The molecule has 78 valence electrons. The van der Waals surface area contributed by atoms with Gasteiger partial charge in [0.05, 0.1) is 5.69 Å². The molecule has 1 aromatic carbocycles. The summed E-state index contributed by atoms with van der Waals surface area (Å²) in [6.07, 6.45) is 0. The average Bonchev–Trinajstić information content (AvgIpc) is 2.59. The van der Waals surface area contributed by atoms with Gasteiger partial charge in [0.1, 0.15) is 0 Å². The molecule has 0 bridgehead atoms. The Hall–Kier alpha value is -2.08. The third-order valence-electron chi connectivity index (χ3n) is 2.11. The summed E-state index contributed by atoms with van der Waals surface area (Å²) in [5.41, 5.74) is 5.92. The first-order valence-electron chi connectivity index (χ1n) is 4.41. The van der Waals surface area contributed by atoms with Gasteiger partial charge in [0.15, 0.2) is 0 Å². The van der Waals surface area contributed by atoms with Gasteiger partial charge >= 0.3 is 11.4 Å². The number of H-pyrrole nitrogens is 2. The van der Waals surface area contributed by atoms with Crippen LogP contribution in [-0.4, -0.2) is 14.8 Å². The van der Waals surface area contributed by atoms with E-state index in [1.165, 1.54) is 0 Å². The fourth-order valence-corrected chi connectivity index (χ4v) is 1.33. The van der Waals surface area contributed by atoms with Crippen LogP contribution in [0.4, 0.5) is 0 Å². The number of nitrogens with two attached hydrogens (primary N) is 1.